The quantitative estimate of drug-likeness (QED) is 0.522. The van der Waals surface area contributed by atoms with Crippen molar-refractivity contribution in [1.29, 1.82) is 0 Å². The summed E-state index contributed by atoms with van der Waals surface area (Å²) < 4.78 is 5.96. The maximum Gasteiger partial charge on any atom is 0.125 e. The summed E-state index contributed by atoms with van der Waals surface area (Å²) in [4.78, 5) is 7.03. The molecule has 162 valence electrons. The molecule has 0 radical (unpaired) electrons. The fourth-order valence-corrected chi connectivity index (χ4v) is 4.18. The summed E-state index contributed by atoms with van der Waals surface area (Å²) >= 11 is 0. The molecule has 1 aromatic heterocycles. The van der Waals surface area contributed by atoms with Crippen LogP contribution in [-0.2, 0) is 19.5 Å². The van der Waals surface area contributed by atoms with Crippen LogP contribution in [0.25, 0.3) is 0 Å². The smallest absolute Gasteiger partial charge is 0.125 e. The molecule has 0 saturated heterocycles. The van der Waals surface area contributed by atoms with Crippen LogP contribution in [0.2, 0.25) is 0 Å². The third-order valence-corrected chi connectivity index (χ3v) is 5.70. The number of fused-ring (bicyclic) bond motifs is 1. The Morgan fingerprint density at radius 2 is 1.97 bits per heavy atom. The number of aryl methyl sites for hydroxylation is 1. The van der Waals surface area contributed by atoms with E-state index in [9.17, 15) is 0 Å². The number of nitrogens with two attached hydrogens (primary N) is 2. The molecule has 6 nitrogen and oxygen atoms in total. The maximum atomic E-state index is 6.03. The molecule has 31 heavy (non-hydrogen) atoms. The van der Waals surface area contributed by atoms with Gasteiger partial charge in [-0.05, 0) is 42.7 Å². The molecule has 2 aromatic carbocycles. The number of nitrogens with one attached hydrogen (secondary N) is 1. The van der Waals surface area contributed by atoms with Gasteiger partial charge in [-0.1, -0.05) is 36.4 Å². The molecular formula is C25H31N5O. The van der Waals surface area contributed by atoms with Gasteiger partial charge < -0.3 is 26.4 Å². The van der Waals surface area contributed by atoms with E-state index in [0.717, 1.165) is 43.1 Å². The van der Waals surface area contributed by atoms with Crippen molar-refractivity contribution in [3.8, 4) is 5.75 Å². The van der Waals surface area contributed by atoms with Crippen LogP contribution in [0.15, 0.2) is 66.9 Å². The van der Waals surface area contributed by atoms with E-state index in [1.165, 1.54) is 16.8 Å². The molecule has 3 aromatic rings. The third kappa shape index (κ3) is 5.34. The number of anilines is 2. The SMILES string of the molecule is NCCOc1cccc2c1CNC[C@@H](CCc1ccccc1)N2Cc1cc(N)ccn1. The van der Waals surface area contributed by atoms with E-state index in [0.29, 0.717) is 25.7 Å². The largest absolute Gasteiger partial charge is 0.492 e. The number of pyridine rings is 1. The van der Waals surface area contributed by atoms with Gasteiger partial charge in [0.2, 0.25) is 0 Å². The lowest BCUT2D eigenvalue weighted by Crippen LogP contribution is -2.40. The highest BCUT2D eigenvalue weighted by molar-refractivity contribution is 5.61. The van der Waals surface area contributed by atoms with Crippen molar-refractivity contribution in [2.45, 2.75) is 32.0 Å². The van der Waals surface area contributed by atoms with Gasteiger partial charge in [0.05, 0.1) is 12.2 Å². The standard InChI is InChI=1S/C25H31N5O/c26-12-14-31-25-8-4-7-24-23(25)17-28-16-22(10-9-19-5-2-1-3-6-19)30(24)18-21-15-20(27)11-13-29-21/h1-8,11,13,15,22,28H,9-10,12,14,16-18,26H2,(H2,27,29)/t22-/m1/s1. The van der Waals surface area contributed by atoms with Crippen molar-refractivity contribution >= 4 is 11.4 Å². The van der Waals surface area contributed by atoms with Crippen LogP contribution < -0.4 is 26.4 Å². The Bertz CT molecular complexity index is 979. The van der Waals surface area contributed by atoms with Crippen LogP contribution in [-0.4, -0.2) is 30.7 Å². The van der Waals surface area contributed by atoms with E-state index >= 15 is 0 Å². The van der Waals surface area contributed by atoms with Crippen molar-refractivity contribution in [2.24, 2.45) is 5.73 Å². The first-order chi connectivity index (χ1) is 15.2. The van der Waals surface area contributed by atoms with Gasteiger partial charge in [-0.2, -0.15) is 0 Å². The van der Waals surface area contributed by atoms with Crippen molar-refractivity contribution in [1.82, 2.24) is 10.3 Å². The summed E-state index contributed by atoms with van der Waals surface area (Å²) in [6, 6.07) is 21.0. The van der Waals surface area contributed by atoms with Crippen LogP contribution in [0.1, 0.15) is 23.2 Å². The van der Waals surface area contributed by atoms with Crippen molar-refractivity contribution in [2.75, 3.05) is 30.3 Å². The van der Waals surface area contributed by atoms with E-state index in [-0.39, 0.29) is 0 Å². The molecular weight excluding hydrogens is 386 g/mol. The van der Waals surface area contributed by atoms with Crippen molar-refractivity contribution < 1.29 is 4.74 Å². The first kappa shape index (κ1) is 21.2. The molecule has 4 rings (SSSR count). The molecule has 0 spiro atoms. The second-order valence-electron chi connectivity index (χ2n) is 7.91. The zero-order chi connectivity index (χ0) is 21.5. The predicted octanol–water partition coefficient (Wildman–Crippen LogP) is 3.11. The highest BCUT2D eigenvalue weighted by Gasteiger charge is 2.26. The van der Waals surface area contributed by atoms with E-state index in [1.807, 2.05) is 18.2 Å². The minimum absolute atomic E-state index is 0.314. The van der Waals surface area contributed by atoms with E-state index in [4.69, 9.17) is 16.2 Å². The molecule has 0 unspecified atom stereocenters. The lowest BCUT2D eigenvalue weighted by molar-refractivity contribution is 0.324. The second kappa shape index (κ2) is 10.3. The fraction of sp³-hybridized carbons (Fsp3) is 0.320. The number of nitrogens with zero attached hydrogens (tertiary/aromatic N) is 2. The Hall–Kier alpha value is -3.09. The lowest BCUT2D eigenvalue weighted by atomic mass is 10.0. The summed E-state index contributed by atoms with van der Waals surface area (Å²) in [5, 5.41) is 3.64. The molecule has 2 heterocycles. The van der Waals surface area contributed by atoms with Gasteiger partial charge in [0.15, 0.2) is 0 Å². The van der Waals surface area contributed by atoms with E-state index in [1.54, 1.807) is 6.20 Å². The zero-order valence-electron chi connectivity index (χ0n) is 17.8. The van der Waals surface area contributed by atoms with Gasteiger partial charge in [-0.15, -0.1) is 0 Å². The monoisotopic (exact) mass is 417 g/mol. The molecule has 0 aliphatic carbocycles. The van der Waals surface area contributed by atoms with Crippen LogP contribution in [0.4, 0.5) is 11.4 Å². The summed E-state index contributed by atoms with van der Waals surface area (Å²) in [7, 11) is 0. The number of nitrogen functional groups attached to an aromatic ring is 1. The predicted molar refractivity (Wildman–Crippen MR) is 126 cm³/mol. The minimum atomic E-state index is 0.314. The van der Waals surface area contributed by atoms with Crippen molar-refractivity contribution in [3.63, 3.8) is 0 Å². The molecule has 1 atom stereocenters. The highest BCUT2D eigenvalue weighted by atomic mass is 16.5. The van der Waals surface area contributed by atoms with Gasteiger partial charge >= 0.3 is 0 Å². The second-order valence-corrected chi connectivity index (χ2v) is 7.91. The van der Waals surface area contributed by atoms with Crippen molar-refractivity contribution in [3.05, 3.63) is 83.7 Å². The van der Waals surface area contributed by atoms with Crippen LogP contribution in [0, 0.1) is 0 Å². The Morgan fingerprint density at radius 1 is 1.10 bits per heavy atom. The number of benzene rings is 2. The maximum absolute atomic E-state index is 6.03. The van der Waals surface area contributed by atoms with Gasteiger partial charge in [0, 0.05) is 48.8 Å². The molecule has 0 amide bonds. The Labute approximate surface area is 184 Å². The number of hydrogen-bond acceptors (Lipinski definition) is 6. The zero-order valence-corrected chi connectivity index (χ0v) is 17.8. The summed E-state index contributed by atoms with van der Waals surface area (Å²) in [5.74, 6) is 0.893. The van der Waals surface area contributed by atoms with Gasteiger partial charge in [-0.25, -0.2) is 0 Å². The average Bonchev–Trinajstić information content (AvgIpc) is 2.97. The number of hydrogen-bond donors (Lipinski definition) is 3. The first-order valence-corrected chi connectivity index (χ1v) is 10.9. The first-order valence-electron chi connectivity index (χ1n) is 10.9. The average molecular weight is 418 g/mol. The third-order valence-electron chi connectivity index (χ3n) is 5.70. The van der Waals surface area contributed by atoms with Crippen LogP contribution in [0.5, 0.6) is 5.75 Å². The number of aromatic nitrogens is 1. The summed E-state index contributed by atoms with van der Waals surface area (Å²) in [6.45, 7) is 3.34. The van der Waals surface area contributed by atoms with Gasteiger partial charge in [0.1, 0.15) is 12.4 Å². The Morgan fingerprint density at radius 3 is 2.77 bits per heavy atom. The van der Waals surface area contributed by atoms with Crippen LogP contribution >= 0.6 is 0 Å². The lowest BCUT2D eigenvalue weighted by Gasteiger charge is -2.33. The molecule has 0 fully saturated rings. The molecule has 1 aliphatic heterocycles. The summed E-state index contributed by atoms with van der Waals surface area (Å²) in [6.07, 6.45) is 3.83. The Kier molecular flexibility index (Phi) is 7.02. The topological polar surface area (TPSA) is 89.4 Å². The molecule has 5 N–H and O–H groups in total. The molecule has 1 aliphatic rings. The van der Waals surface area contributed by atoms with E-state index in [2.05, 4.69) is 57.7 Å². The normalized spacial score (nSPS) is 15.9. The van der Waals surface area contributed by atoms with E-state index < -0.39 is 0 Å². The Balaban J connectivity index is 1.65. The van der Waals surface area contributed by atoms with Gasteiger partial charge in [-0.3, -0.25) is 4.98 Å². The highest BCUT2D eigenvalue weighted by Crippen LogP contribution is 2.34. The molecule has 0 bridgehead atoms. The fourth-order valence-electron chi connectivity index (χ4n) is 4.18. The van der Waals surface area contributed by atoms with Gasteiger partial charge in [0.25, 0.3) is 0 Å². The molecule has 0 saturated carbocycles. The van der Waals surface area contributed by atoms with Crippen LogP contribution in [0.3, 0.4) is 0 Å². The number of ether oxygens (including phenoxy) is 1. The molecule has 6 heteroatoms. The number of rotatable bonds is 8. The minimum Gasteiger partial charge on any atom is -0.492 e. The summed E-state index contributed by atoms with van der Waals surface area (Å²) in [5.41, 5.74) is 17.1.